The van der Waals surface area contributed by atoms with Gasteiger partial charge in [0.1, 0.15) is 5.75 Å². The Bertz CT molecular complexity index is 895. The molecule has 3 rings (SSSR count). The molecule has 24 heavy (non-hydrogen) atoms. The van der Waals surface area contributed by atoms with E-state index < -0.39 is 0 Å². The van der Waals surface area contributed by atoms with Gasteiger partial charge in [-0.1, -0.05) is 29.4 Å². The number of anilines is 1. The molecule has 3 aromatic rings. The van der Waals surface area contributed by atoms with Gasteiger partial charge in [0.25, 0.3) is 0 Å². The lowest BCUT2D eigenvalue weighted by atomic mass is 10.2. The number of H-pyrrole nitrogens is 1. The van der Waals surface area contributed by atoms with Gasteiger partial charge in [-0.2, -0.15) is 0 Å². The van der Waals surface area contributed by atoms with Crippen LogP contribution in [0.25, 0.3) is 11.0 Å². The number of amides is 1. The number of methoxy groups -OCH3 is 1. The molecule has 0 fully saturated rings. The monoisotopic (exact) mass is 361 g/mol. The fraction of sp³-hybridized carbons (Fsp3) is 0.176. The van der Waals surface area contributed by atoms with E-state index in [1.54, 1.807) is 13.2 Å². The molecule has 2 aromatic carbocycles. The minimum atomic E-state index is -0.123. The van der Waals surface area contributed by atoms with Crippen LogP contribution in [0, 0.1) is 6.92 Å². The number of nitrogens with zero attached hydrogens (tertiary/aromatic N) is 1. The molecule has 0 unspecified atom stereocenters. The standard InChI is InChI=1S/C17H16ClN3O2S/c1-10-3-6-15(23-2)14(7-10)19-16(22)9-24-17-20-12-5-4-11(18)8-13(12)21-17/h3-8H,9H2,1-2H3,(H,19,22)(H,20,21). The molecule has 0 radical (unpaired) electrons. The Balaban J connectivity index is 1.65. The van der Waals surface area contributed by atoms with Gasteiger partial charge in [-0.15, -0.1) is 0 Å². The number of hydrogen-bond acceptors (Lipinski definition) is 4. The van der Waals surface area contributed by atoms with Crippen molar-refractivity contribution in [3.05, 3.63) is 47.0 Å². The molecule has 2 N–H and O–H groups in total. The third-order valence-corrected chi connectivity index (χ3v) is 4.50. The first-order valence-electron chi connectivity index (χ1n) is 7.28. The number of benzene rings is 2. The fourth-order valence-electron chi connectivity index (χ4n) is 2.27. The summed E-state index contributed by atoms with van der Waals surface area (Å²) < 4.78 is 5.26. The van der Waals surface area contributed by atoms with Crippen LogP contribution in [-0.2, 0) is 4.79 Å². The van der Waals surface area contributed by atoms with E-state index in [2.05, 4.69) is 15.3 Å². The maximum absolute atomic E-state index is 12.2. The van der Waals surface area contributed by atoms with Crippen molar-refractivity contribution in [2.45, 2.75) is 12.1 Å². The van der Waals surface area contributed by atoms with Gasteiger partial charge in [-0.3, -0.25) is 4.79 Å². The lowest BCUT2D eigenvalue weighted by molar-refractivity contribution is -0.113. The Hall–Kier alpha value is -2.18. The van der Waals surface area contributed by atoms with Crippen LogP contribution in [-0.4, -0.2) is 28.7 Å². The van der Waals surface area contributed by atoms with Gasteiger partial charge in [-0.05, 0) is 42.8 Å². The SMILES string of the molecule is COc1ccc(C)cc1NC(=O)CSc1nc2ccc(Cl)cc2[nH]1. The third kappa shape index (κ3) is 3.83. The molecular weight excluding hydrogens is 346 g/mol. The van der Waals surface area contributed by atoms with Crippen LogP contribution in [0.4, 0.5) is 5.69 Å². The number of aromatic amines is 1. The Morgan fingerprint density at radius 1 is 1.33 bits per heavy atom. The molecule has 0 aliphatic heterocycles. The van der Waals surface area contributed by atoms with E-state index in [0.717, 1.165) is 16.6 Å². The summed E-state index contributed by atoms with van der Waals surface area (Å²) >= 11 is 7.29. The van der Waals surface area contributed by atoms with Crippen molar-refractivity contribution in [2.75, 3.05) is 18.2 Å². The molecule has 1 aromatic heterocycles. The largest absolute Gasteiger partial charge is 0.495 e. The minimum absolute atomic E-state index is 0.123. The molecule has 1 amide bonds. The smallest absolute Gasteiger partial charge is 0.234 e. The van der Waals surface area contributed by atoms with Gasteiger partial charge in [-0.25, -0.2) is 4.98 Å². The van der Waals surface area contributed by atoms with Crippen molar-refractivity contribution in [3.63, 3.8) is 0 Å². The molecule has 1 heterocycles. The van der Waals surface area contributed by atoms with Crippen LogP contribution in [0.1, 0.15) is 5.56 Å². The lowest BCUT2D eigenvalue weighted by Crippen LogP contribution is -2.15. The van der Waals surface area contributed by atoms with Crippen molar-refractivity contribution >= 4 is 46.0 Å². The quantitative estimate of drug-likeness (QED) is 0.666. The highest BCUT2D eigenvalue weighted by molar-refractivity contribution is 7.99. The van der Waals surface area contributed by atoms with E-state index in [0.29, 0.717) is 21.6 Å². The van der Waals surface area contributed by atoms with Crippen LogP contribution < -0.4 is 10.1 Å². The molecule has 0 saturated heterocycles. The van der Waals surface area contributed by atoms with Crippen LogP contribution in [0.15, 0.2) is 41.6 Å². The molecule has 124 valence electrons. The zero-order valence-corrected chi connectivity index (χ0v) is 14.8. The second-order valence-electron chi connectivity index (χ2n) is 5.24. The van der Waals surface area contributed by atoms with E-state index in [-0.39, 0.29) is 11.7 Å². The summed E-state index contributed by atoms with van der Waals surface area (Å²) in [6.45, 7) is 1.96. The van der Waals surface area contributed by atoms with Gasteiger partial charge in [0.15, 0.2) is 5.16 Å². The number of imidazole rings is 1. The second-order valence-corrected chi connectivity index (χ2v) is 6.64. The van der Waals surface area contributed by atoms with Gasteiger partial charge in [0.2, 0.25) is 5.91 Å². The third-order valence-electron chi connectivity index (χ3n) is 3.39. The summed E-state index contributed by atoms with van der Waals surface area (Å²) in [4.78, 5) is 19.8. The summed E-state index contributed by atoms with van der Waals surface area (Å²) in [5.41, 5.74) is 3.39. The van der Waals surface area contributed by atoms with Crippen molar-refractivity contribution in [1.29, 1.82) is 0 Å². The normalized spacial score (nSPS) is 10.8. The molecule has 7 heteroatoms. The Labute approximate surface area is 148 Å². The number of aryl methyl sites for hydroxylation is 1. The van der Waals surface area contributed by atoms with E-state index in [1.165, 1.54) is 11.8 Å². The number of carbonyl (C=O) groups is 1. The maximum atomic E-state index is 12.2. The first-order chi connectivity index (χ1) is 11.5. The molecule has 0 aliphatic carbocycles. The van der Waals surface area contributed by atoms with E-state index in [9.17, 15) is 4.79 Å². The summed E-state index contributed by atoms with van der Waals surface area (Å²) in [7, 11) is 1.58. The number of fused-ring (bicyclic) bond motifs is 1. The fourth-order valence-corrected chi connectivity index (χ4v) is 3.12. The average molecular weight is 362 g/mol. The van der Waals surface area contributed by atoms with E-state index >= 15 is 0 Å². The van der Waals surface area contributed by atoms with E-state index in [4.69, 9.17) is 16.3 Å². The maximum Gasteiger partial charge on any atom is 0.234 e. The Kier molecular flexibility index (Phi) is 4.97. The molecular formula is C17H16ClN3O2S. The van der Waals surface area contributed by atoms with Crippen LogP contribution in [0.5, 0.6) is 5.75 Å². The highest BCUT2D eigenvalue weighted by Crippen LogP contribution is 2.26. The number of thioether (sulfide) groups is 1. The van der Waals surface area contributed by atoms with Gasteiger partial charge >= 0.3 is 0 Å². The van der Waals surface area contributed by atoms with Crippen LogP contribution >= 0.6 is 23.4 Å². The first kappa shape index (κ1) is 16.7. The predicted molar refractivity (Wildman–Crippen MR) is 98.2 cm³/mol. The van der Waals surface area contributed by atoms with Crippen molar-refractivity contribution < 1.29 is 9.53 Å². The highest BCUT2D eigenvalue weighted by atomic mass is 35.5. The summed E-state index contributed by atoms with van der Waals surface area (Å²) in [6.07, 6.45) is 0. The van der Waals surface area contributed by atoms with Crippen molar-refractivity contribution in [2.24, 2.45) is 0 Å². The molecule has 0 bridgehead atoms. The number of nitrogens with one attached hydrogen (secondary N) is 2. The molecule has 5 nitrogen and oxygen atoms in total. The predicted octanol–water partition coefficient (Wildman–Crippen LogP) is 4.26. The van der Waals surface area contributed by atoms with Crippen molar-refractivity contribution in [1.82, 2.24) is 9.97 Å². The van der Waals surface area contributed by atoms with Gasteiger partial charge < -0.3 is 15.0 Å². The van der Waals surface area contributed by atoms with Gasteiger partial charge in [0.05, 0.1) is 29.6 Å². The second kappa shape index (κ2) is 7.15. The average Bonchev–Trinajstić information content (AvgIpc) is 2.95. The number of halogens is 1. The molecule has 0 spiro atoms. The number of ether oxygens (including phenoxy) is 1. The lowest BCUT2D eigenvalue weighted by Gasteiger charge is -2.10. The topological polar surface area (TPSA) is 67.0 Å². The number of aromatic nitrogens is 2. The summed E-state index contributed by atoms with van der Waals surface area (Å²) in [5.74, 6) is 0.754. The number of rotatable bonds is 5. The van der Waals surface area contributed by atoms with E-state index in [1.807, 2.05) is 37.3 Å². The van der Waals surface area contributed by atoms with Crippen LogP contribution in [0.3, 0.4) is 0 Å². The molecule has 0 aliphatic rings. The first-order valence-corrected chi connectivity index (χ1v) is 8.64. The zero-order valence-electron chi connectivity index (χ0n) is 13.2. The van der Waals surface area contributed by atoms with Crippen molar-refractivity contribution in [3.8, 4) is 5.75 Å². The summed E-state index contributed by atoms with van der Waals surface area (Å²) in [6, 6.07) is 11.1. The zero-order chi connectivity index (χ0) is 17.1. The molecule has 0 saturated carbocycles. The molecule has 0 atom stereocenters. The van der Waals surface area contributed by atoms with Gasteiger partial charge in [0, 0.05) is 5.02 Å². The Morgan fingerprint density at radius 3 is 2.96 bits per heavy atom. The highest BCUT2D eigenvalue weighted by Gasteiger charge is 2.10. The number of carbonyl (C=O) groups excluding carboxylic acids is 1. The Morgan fingerprint density at radius 2 is 2.17 bits per heavy atom. The minimum Gasteiger partial charge on any atom is -0.495 e. The number of hydrogen-bond donors (Lipinski definition) is 2. The van der Waals surface area contributed by atoms with Crippen LogP contribution in [0.2, 0.25) is 5.02 Å². The summed E-state index contributed by atoms with van der Waals surface area (Å²) in [5, 5.41) is 4.19.